The molecule has 3 heteroatoms. The van der Waals surface area contributed by atoms with E-state index in [0.717, 1.165) is 19.6 Å². The van der Waals surface area contributed by atoms with Crippen LogP contribution in [-0.2, 0) is 0 Å². The van der Waals surface area contributed by atoms with Crippen LogP contribution in [0.2, 0.25) is 0 Å². The summed E-state index contributed by atoms with van der Waals surface area (Å²) in [6, 6.07) is 6.60. The van der Waals surface area contributed by atoms with Gasteiger partial charge in [0.15, 0.2) is 0 Å². The Kier molecular flexibility index (Phi) is 7.41. The number of rotatable bonds is 9. The maximum absolute atomic E-state index is 3.52. The molecule has 0 saturated heterocycles. The van der Waals surface area contributed by atoms with E-state index < -0.39 is 0 Å². The van der Waals surface area contributed by atoms with Crippen LogP contribution in [0.25, 0.3) is 0 Å². The summed E-state index contributed by atoms with van der Waals surface area (Å²) in [6.07, 6.45) is 0. The minimum atomic E-state index is 0.643. The van der Waals surface area contributed by atoms with Gasteiger partial charge in [0.25, 0.3) is 0 Å². The van der Waals surface area contributed by atoms with E-state index >= 15 is 0 Å². The zero-order valence-corrected chi connectivity index (χ0v) is 14.6. The summed E-state index contributed by atoms with van der Waals surface area (Å²) >= 11 is 0. The Morgan fingerprint density at radius 1 is 0.571 bits per heavy atom. The Morgan fingerprint density at radius 3 is 1.00 bits per heavy atom. The highest BCUT2D eigenvalue weighted by Crippen LogP contribution is 2.23. The first-order valence-electron chi connectivity index (χ1n) is 8.23. The molecule has 0 bridgehead atoms. The number of hydrogen-bond donors (Lipinski definition) is 3. The molecule has 0 heterocycles. The van der Waals surface area contributed by atoms with Gasteiger partial charge in [-0.15, -0.1) is 0 Å². The van der Waals surface area contributed by atoms with E-state index in [1.165, 1.54) is 17.1 Å². The maximum atomic E-state index is 3.52. The van der Waals surface area contributed by atoms with E-state index in [4.69, 9.17) is 0 Å². The van der Waals surface area contributed by atoms with E-state index in [-0.39, 0.29) is 0 Å². The molecule has 0 fully saturated rings. The monoisotopic (exact) mass is 291 g/mol. The first kappa shape index (κ1) is 17.7. The van der Waals surface area contributed by atoms with Crippen LogP contribution in [0.15, 0.2) is 18.2 Å². The van der Waals surface area contributed by atoms with Crippen molar-refractivity contribution in [2.45, 2.75) is 41.5 Å². The minimum Gasteiger partial charge on any atom is -0.385 e. The lowest BCUT2D eigenvalue weighted by molar-refractivity contribution is 0.686. The zero-order valence-electron chi connectivity index (χ0n) is 14.6. The van der Waals surface area contributed by atoms with Crippen LogP contribution >= 0.6 is 0 Å². The van der Waals surface area contributed by atoms with Crippen molar-refractivity contribution < 1.29 is 0 Å². The predicted octanol–water partition coefficient (Wildman–Crippen LogP) is 4.89. The van der Waals surface area contributed by atoms with E-state index in [9.17, 15) is 0 Å². The number of benzene rings is 1. The summed E-state index contributed by atoms with van der Waals surface area (Å²) in [5.74, 6) is 1.93. The predicted molar refractivity (Wildman–Crippen MR) is 96.4 cm³/mol. The van der Waals surface area contributed by atoms with Gasteiger partial charge >= 0.3 is 0 Å². The molecule has 1 aromatic carbocycles. The second-order valence-corrected chi connectivity index (χ2v) is 7.12. The molecule has 0 atom stereocenters. The third kappa shape index (κ3) is 7.84. The average Bonchev–Trinajstić information content (AvgIpc) is 2.40. The fraction of sp³-hybridized carbons (Fsp3) is 0.667. The Bertz CT molecular complexity index is 337. The van der Waals surface area contributed by atoms with Gasteiger partial charge < -0.3 is 16.0 Å². The van der Waals surface area contributed by atoms with Gasteiger partial charge in [-0.25, -0.2) is 0 Å². The minimum absolute atomic E-state index is 0.643. The first-order valence-corrected chi connectivity index (χ1v) is 8.23. The van der Waals surface area contributed by atoms with Crippen molar-refractivity contribution in [3.8, 4) is 0 Å². The summed E-state index contributed by atoms with van der Waals surface area (Å²) in [7, 11) is 0. The van der Waals surface area contributed by atoms with E-state index in [2.05, 4.69) is 75.7 Å². The van der Waals surface area contributed by atoms with Crippen molar-refractivity contribution >= 4 is 17.1 Å². The Hall–Kier alpha value is -1.38. The molecule has 0 amide bonds. The second kappa shape index (κ2) is 8.81. The highest BCUT2D eigenvalue weighted by Gasteiger charge is 2.04. The van der Waals surface area contributed by atoms with Crippen molar-refractivity contribution in [2.75, 3.05) is 35.6 Å². The Morgan fingerprint density at radius 2 is 0.810 bits per heavy atom. The summed E-state index contributed by atoms with van der Waals surface area (Å²) < 4.78 is 0. The fourth-order valence-electron chi connectivity index (χ4n) is 1.90. The molecule has 0 aliphatic heterocycles. The van der Waals surface area contributed by atoms with Crippen LogP contribution in [-0.4, -0.2) is 19.6 Å². The second-order valence-electron chi connectivity index (χ2n) is 7.12. The summed E-state index contributed by atoms with van der Waals surface area (Å²) in [5, 5.41) is 10.6. The Labute approximate surface area is 130 Å². The van der Waals surface area contributed by atoms with E-state index in [1.807, 2.05) is 0 Å². The molecule has 3 N–H and O–H groups in total. The van der Waals surface area contributed by atoms with E-state index in [1.54, 1.807) is 0 Å². The van der Waals surface area contributed by atoms with Crippen molar-refractivity contribution in [1.29, 1.82) is 0 Å². The quantitative estimate of drug-likeness (QED) is 0.606. The molecule has 3 nitrogen and oxygen atoms in total. The van der Waals surface area contributed by atoms with Crippen LogP contribution in [0.5, 0.6) is 0 Å². The van der Waals surface area contributed by atoms with Crippen LogP contribution in [0.3, 0.4) is 0 Å². The summed E-state index contributed by atoms with van der Waals surface area (Å²) in [5.41, 5.74) is 3.55. The van der Waals surface area contributed by atoms with Gasteiger partial charge in [-0.3, -0.25) is 0 Å². The lowest BCUT2D eigenvalue weighted by Gasteiger charge is -2.17. The molecule has 0 unspecified atom stereocenters. The topological polar surface area (TPSA) is 36.1 Å². The van der Waals surface area contributed by atoms with Gasteiger partial charge in [0.2, 0.25) is 0 Å². The van der Waals surface area contributed by atoms with Gasteiger partial charge in [-0.2, -0.15) is 0 Å². The van der Waals surface area contributed by atoms with Gasteiger partial charge in [-0.1, -0.05) is 41.5 Å². The standard InChI is InChI=1S/C18H33N3/c1-13(2)10-19-16-7-17(20-11-14(3)4)9-18(8-16)21-12-15(5)6/h7-9,13-15,19-21H,10-12H2,1-6H3. The molecule has 0 radical (unpaired) electrons. The molecule has 120 valence electrons. The van der Waals surface area contributed by atoms with Crippen molar-refractivity contribution in [3.05, 3.63) is 18.2 Å². The third-order valence-corrected chi connectivity index (χ3v) is 3.08. The smallest absolute Gasteiger partial charge is 0.0381 e. The average molecular weight is 291 g/mol. The lowest BCUT2D eigenvalue weighted by atomic mass is 10.1. The van der Waals surface area contributed by atoms with Crippen molar-refractivity contribution in [2.24, 2.45) is 17.8 Å². The molecule has 21 heavy (non-hydrogen) atoms. The first-order chi connectivity index (χ1) is 9.86. The highest BCUT2D eigenvalue weighted by molar-refractivity contribution is 5.67. The maximum Gasteiger partial charge on any atom is 0.0381 e. The molecule has 0 saturated carbocycles. The molecule has 1 rings (SSSR count). The number of anilines is 3. The number of nitrogens with one attached hydrogen (secondary N) is 3. The van der Waals surface area contributed by atoms with Gasteiger partial charge in [0, 0.05) is 36.7 Å². The fourth-order valence-corrected chi connectivity index (χ4v) is 1.90. The summed E-state index contributed by atoms with van der Waals surface area (Å²) in [4.78, 5) is 0. The van der Waals surface area contributed by atoms with Crippen molar-refractivity contribution in [1.82, 2.24) is 0 Å². The normalized spacial score (nSPS) is 11.3. The van der Waals surface area contributed by atoms with Crippen LogP contribution in [0.1, 0.15) is 41.5 Å². The molecule has 0 aliphatic carbocycles. The van der Waals surface area contributed by atoms with Crippen LogP contribution < -0.4 is 16.0 Å². The van der Waals surface area contributed by atoms with Crippen LogP contribution in [0.4, 0.5) is 17.1 Å². The third-order valence-electron chi connectivity index (χ3n) is 3.08. The largest absolute Gasteiger partial charge is 0.385 e. The zero-order chi connectivity index (χ0) is 15.8. The molecular weight excluding hydrogens is 258 g/mol. The highest BCUT2D eigenvalue weighted by atomic mass is 14.9. The van der Waals surface area contributed by atoms with Crippen LogP contribution in [0, 0.1) is 17.8 Å². The SMILES string of the molecule is CC(C)CNc1cc(NCC(C)C)cc(NCC(C)C)c1. The molecule has 0 aromatic heterocycles. The number of hydrogen-bond acceptors (Lipinski definition) is 3. The van der Waals surface area contributed by atoms with E-state index in [0.29, 0.717) is 17.8 Å². The van der Waals surface area contributed by atoms with Crippen molar-refractivity contribution in [3.63, 3.8) is 0 Å². The molecular formula is C18H33N3. The van der Waals surface area contributed by atoms with Gasteiger partial charge in [0.1, 0.15) is 0 Å². The molecule has 0 aliphatic rings. The van der Waals surface area contributed by atoms with Gasteiger partial charge in [-0.05, 0) is 36.0 Å². The summed E-state index contributed by atoms with van der Waals surface area (Å²) in [6.45, 7) is 16.4. The molecule has 0 spiro atoms. The lowest BCUT2D eigenvalue weighted by Crippen LogP contribution is -2.12. The Balaban J connectivity index is 2.79. The molecule has 1 aromatic rings. The van der Waals surface area contributed by atoms with Gasteiger partial charge in [0.05, 0.1) is 0 Å².